The molecule has 2 rings (SSSR count). The zero-order chi connectivity index (χ0) is 22.9. The number of hydrogen-bond acceptors (Lipinski definition) is 6. The van der Waals surface area contributed by atoms with Gasteiger partial charge in [0.1, 0.15) is 11.5 Å². The number of alkyl halides is 6. The minimum absolute atomic E-state index is 0.460. The molecule has 2 aromatic carbocycles. The van der Waals surface area contributed by atoms with E-state index in [9.17, 15) is 26.3 Å². The first kappa shape index (κ1) is 25.2. The molecule has 12 heteroatoms. The first-order valence-corrected chi connectivity index (χ1v) is 7.12. The van der Waals surface area contributed by atoms with E-state index in [0.29, 0.717) is 24.3 Å². The monoisotopic (exact) mass is 422 g/mol. The summed E-state index contributed by atoms with van der Waals surface area (Å²) in [6.07, 6.45) is -9.89. The van der Waals surface area contributed by atoms with Crippen LogP contribution in [0.3, 0.4) is 0 Å². The summed E-state index contributed by atoms with van der Waals surface area (Å²) in [7, 11) is 0. The molecule has 2 aromatic rings. The molecule has 0 heterocycles. The normalized spacial score (nSPS) is 10.9. The third kappa shape index (κ3) is 5.59. The molecule has 29 heavy (non-hydrogen) atoms. The molecule has 0 aliphatic heterocycles. The van der Waals surface area contributed by atoms with Gasteiger partial charge in [-0.15, -0.1) is 0 Å². The molecule has 0 bridgehead atoms. The average Bonchev–Trinajstić information content (AvgIpc) is 2.58. The molecule has 6 nitrogen and oxygen atoms in total. The smallest absolute Gasteiger partial charge is 0.411 e. The fourth-order valence-corrected chi connectivity index (χ4v) is 2.40. The SMILES string of the molecule is N#CO.N#CO.Oc1ccc(C(c2ccc(O)cc2)(C(F)(F)F)C(F)(F)F)cc1. The number of halogens is 6. The van der Waals surface area contributed by atoms with E-state index in [2.05, 4.69) is 0 Å². The lowest BCUT2D eigenvalue weighted by Gasteiger charge is -2.38. The molecule has 0 aliphatic carbocycles. The van der Waals surface area contributed by atoms with Crippen molar-refractivity contribution >= 4 is 0 Å². The number of aromatic hydroxyl groups is 2. The van der Waals surface area contributed by atoms with E-state index < -0.39 is 40.4 Å². The Balaban J connectivity index is 0.00000116. The van der Waals surface area contributed by atoms with Crippen LogP contribution >= 0.6 is 0 Å². The highest BCUT2D eigenvalue weighted by atomic mass is 19.4. The fourth-order valence-electron chi connectivity index (χ4n) is 2.40. The Bertz CT molecular complexity index is 777. The predicted octanol–water partition coefficient (Wildman–Crippen LogP) is 4.19. The second-order valence-corrected chi connectivity index (χ2v) is 5.04. The van der Waals surface area contributed by atoms with Gasteiger partial charge in [0.25, 0.3) is 12.5 Å². The van der Waals surface area contributed by atoms with Crippen LogP contribution in [0.2, 0.25) is 0 Å². The van der Waals surface area contributed by atoms with Crippen molar-refractivity contribution in [1.29, 1.82) is 10.5 Å². The number of benzene rings is 2. The first-order valence-electron chi connectivity index (χ1n) is 7.12. The van der Waals surface area contributed by atoms with Crippen molar-refractivity contribution < 1.29 is 46.8 Å². The third-order valence-electron chi connectivity index (χ3n) is 3.45. The number of nitrogens with zero attached hydrogens (tertiary/aromatic N) is 2. The molecule has 4 N–H and O–H groups in total. The van der Waals surface area contributed by atoms with Crippen LogP contribution in [0.5, 0.6) is 11.5 Å². The highest BCUT2D eigenvalue weighted by molar-refractivity contribution is 5.46. The molecule has 0 saturated carbocycles. The zero-order valence-corrected chi connectivity index (χ0v) is 14.1. The molecule has 0 unspecified atom stereocenters. The van der Waals surface area contributed by atoms with E-state index >= 15 is 0 Å². The van der Waals surface area contributed by atoms with Crippen LogP contribution in [0.25, 0.3) is 0 Å². The van der Waals surface area contributed by atoms with E-state index in [-0.39, 0.29) is 0 Å². The van der Waals surface area contributed by atoms with E-state index in [1.54, 1.807) is 0 Å². The molecule has 0 atom stereocenters. The maximum Gasteiger partial charge on any atom is 0.411 e. The lowest BCUT2D eigenvalue weighted by Crippen LogP contribution is -2.54. The van der Waals surface area contributed by atoms with Gasteiger partial charge < -0.3 is 20.4 Å². The van der Waals surface area contributed by atoms with Crippen molar-refractivity contribution in [2.24, 2.45) is 0 Å². The summed E-state index contributed by atoms with van der Waals surface area (Å²) in [6.45, 7) is 0. The number of hydrogen-bond donors (Lipinski definition) is 4. The Morgan fingerprint density at radius 1 is 0.586 bits per heavy atom. The van der Waals surface area contributed by atoms with Crippen molar-refractivity contribution in [3.8, 4) is 24.0 Å². The van der Waals surface area contributed by atoms with E-state index in [1.165, 1.54) is 0 Å². The van der Waals surface area contributed by atoms with Crippen LogP contribution in [-0.4, -0.2) is 32.8 Å². The highest BCUT2D eigenvalue weighted by Crippen LogP contribution is 2.56. The van der Waals surface area contributed by atoms with Gasteiger partial charge in [-0.1, -0.05) is 24.3 Å². The Labute approximate surface area is 159 Å². The van der Waals surface area contributed by atoms with Crippen molar-refractivity contribution in [1.82, 2.24) is 0 Å². The second kappa shape index (κ2) is 9.94. The van der Waals surface area contributed by atoms with Gasteiger partial charge >= 0.3 is 12.4 Å². The molecule has 0 aromatic heterocycles. The summed E-state index contributed by atoms with van der Waals surface area (Å²) in [4.78, 5) is 0. The molecular formula is C17H12F6N2O4. The summed E-state index contributed by atoms with van der Waals surface area (Å²) in [5, 5.41) is 45.8. The summed E-state index contributed by atoms with van der Waals surface area (Å²) >= 11 is 0. The van der Waals surface area contributed by atoms with Crippen molar-refractivity contribution in [3.63, 3.8) is 0 Å². The van der Waals surface area contributed by atoms with E-state index in [0.717, 1.165) is 36.8 Å². The van der Waals surface area contributed by atoms with Gasteiger partial charge in [-0.2, -0.15) is 36.9 Å². The first-order chi connectivity index (χ1) is 13.3. The molecular weight excluding hydrogens is 410 g/mol. The zero-order valence-electron chi connectivity index (χ0n) is 14.1. The summed E-state index contributed by atoms with van der Waals surface area (Å²) in [6, 6.07) is 5.30. The summed E-state index contributed by atoms with van der Waals surface area (Å²) in [5.41, 5.74) is -6.44. The highest BCUT2D eigenvalue weighted by Gasteiger charge is 2.72. The maximum absolute atomic E-state index is 13.6. The molecule has 156 valence electrons. The van der Waals surface area contributed by atoms with Gasteiger partial charge in [0.2, 0.25) is 5.41 Å². The number of phenolic OH excluding ortho intramolecular Hbond substituents is 2. The standard InChI is InChI=1S/C15H10F6O2.2CHNO/c16-14(17,18)13(15(19,20)21,9-1-5-11(22)6-2-9)10-3-7-12(23)8-4-10;2*2-1-3/h1-8,22-23H;2*3H. The van der Waals surface area contributed by atoms with Crippen LogP contribution in [0.15, 0.2) is 48.5 Å². The molecule has 0 radical (unpaired) electrons. The lowest BCUT2D eigenvalue weighted by atomic mass is 9.73. The fraction of sp³-hybridized carbons (Fsp3) is 0.176. The minimum atomic E-state index is -5.70. The Morgan fingerprint density at radius 3 is 0.966 bits per heavy atom. The maximum atomic E-state index is 13.6. The molecule has 0 saturated heterocycles. The number of aliphatic hydroxyl groups is 2. The number of phenols is 2. The topological polar surface area (TPSA) is 128 Å². The van der Waals surface area contributed by atoms with Crippen LogP contribution in [0.4, 0.5) is 26.3 Å². The van der Waals surface area contributed by atoms with Crippen LogP contribution < -0.4 is 0 Å². The van der Waals surface area contributed by atoms with Gasteiger partial charge in [0, 0.05) is 0 Å². The molecule has 0 fully saturated rings. The third-order valence-corrected chi connectivity index (χ3v) is 3.45. The Morgan fingerprint density at radius 2 is 0.793 bits per heavy atom. The van der Waals surface area contributed by atoms with Gasteiger partial charge in [-0.05, 0) is 35.4 Å². The summed E-state index contributed by atoms with van der Waals surface area (Å²) in [5.74, 6) is -0.921. The summed E-state index contributed by atoms with van der Waals surface area (Å²) < 4.78 is 81.6. The van der Waals surface area contributed by atoms with Crippen molar-refractivity contribution in [2.45, 2.75) is 17.8 Å². The van der Waals surface area contributed by atoms with Crippen molar-refractivity contribution in [3.05, 3.63) is 59.7 Å². The van der Waals surface area contributed by atoms with Crippen LogP contribution in [0, 0.1) is 23.0 Å². The van der Waals surface area contributed by atoms with Gasteiger partial charge in [-0.3, -0.25) is 0 Å². The van der Waals surface area contributed by atoms with Gasteiger partial charge in [-0.25, -0.2) is 0 Å². The molecule has 0 aliphatic rings. The van der Waals surface area contributed by atoms with Gasteiger partial charge in [0.15, 0.2) is 0 Å². The van der Waals surface area contributed by atoms with Crippen molar-refractivity contribution in [2.75, 3.05) is 0 Å². The van der Waals surface area contributed by atoms with E-state index in [4.69, 9.17) is 30.9 Å². The lowest BCUT2D eigenvalue weighted by molar-refractivity contribution is -0.288. The number of aliphatic hydroxyl groups excluding tert-OH is 2. The van der Waals surface area contributed by atoms with Crippen LogP contribution in [0.1, 0.15) is 11.1 Å². The Hall–Kier alpha value is -3.80. The number of rotatable bonds is 2. The predicted molar refractivity (Wildman–Crippen MR) is 84.2 cm³/mol. The molecule has 0 amide bonds. The van der Waals surface area contributed by atoms with Crippen LogP contribution in [-0.2, 0) is 5.41 Å². The minimum Gasteiger partial charge on any atom is -0.508 e. The Kier molecular flexibility index (Phi) is 8.64. The number of nitriles is 2. The molecule has 0 spiro atoms. The second-order valence-electron chi connectivity index (χ2n) is 5.04. The quantitative estimate of drug-likeness (QED) is 0.424. The largest absolute Gasteiger partial charge is 0.508 e. The average molecular weight is 422 g/mol. The van der Waals surface area contributed by atoms with E-state index in [1.807, 2.05) is 0 Å². The van der Waals surface area contributed by atoms with Gasteiger partial charge in [0.05, 0.1) is 0 Å².